The Hall–Kier alpha value is -1.35. The molecule has 1 heterocycles. The molecule has 1 fully saturated rings. The first-order chi connectivity index (χ1) is 9.66. The van der Waals surface area contributed by atoms with Crippen molar-refractivity contribution in [2.75, 3.05) is 13.1 Å². The summed E-state index contributed by atoms with van der Waals surface area (Å²) in [6, 6.07) is 4.60. The molecular formula is C18H27NO2. The Kier molecular flexibility index (Phi) is 4.43. The number of benzene rings is 1. The number of hydrogen-bond donors (Lipinski definition) is 1. The van der Waals surface area contributed by atoms with Crippen LogP contribution < -0.4 is 0 Å². The molecule has 0 aliphatic carbocycles. The topological polar surface area (TPSA) is 40.5 Å². The lowest BCUT2D eigenvalue weighted by Gasteiger charge is -2.39. The zero-order chi connectivity index (χ0) is 15.8. The second-order valence-corrected chi connectivity index (χ2v) is 7.50. The van der Waals surface area contributed by atoms with Crippen LogP contribution in [0.1, 0.15) is 49.4 Å². The van der Waals surface area contributed by atoms with Crippen LogP contribution in [0.4, 0.5) is 0 Å². The highest BCUT2D eigenvalue weighted by atomic mass is 16.4. The van der Waals surface area contributed by atoms with Crippen molar-refractivity contribution in [3.05, 3.63) is 34.4 Å². The van der Waals surface area contributed by atoms with Crippen molar-refractivity contribution in [2.45, 2.75) is 53.0 Å². The number of rotatable bonds is 4. The normalized spacial score (nSPS) is 16.8. The van der Waals surface area contributed by atoms with Crippen molar-refractivity contribution in [1.29, 1.82) is 0 Å². The van der Waals surface area contributed by atoms with E-state index >= 15 is 0 Å². The average molecular weight is 289 g/mol. The zero-order valence-electron chi connectivity index (χ0n) is 13.9. The van der Waals surface area contributed by atoms with Gasteiger partial charge in [0.15, 0.2) is 0 Å². The van der Waals surface area contributed by atoms with Crippen molar-refractivity contribution < 1.29 is 9.90 Å². The fourth-order valence-electron chi connectivity index (χ4n) is 3.08. The molecule has 1 aromatic carbocycles. The standard InChI is InChI=1S/C18H27NO2/c1-12-6-15(18(3,4)5)7-13(2)16(12)11-19-9-14(10-19)8-17(20)21/h6-7,14H,8-11H2,1-5H3,(H,20,21). The van der Waals surface area contributed by atoms with Crippen molar-refractivity contribution in [1.82, 2.24) is 4.90 Å². The Bertz CT molecular complexity index is 514. The number of likely N-dealkylation sites (tertiary alicyclic amines) is 1. The molecule has 0 radical (unpaired) electrons. The second-order valence-electron chi connectivity index (χ2n) is 7.50. The van der Waals surface area contributed by atoms with Crippen LogP contribution >= 0.6 is 0 Å². The van der Waals surface area contributed by atoms with Gasteiger partial charge in [-0.25, -0.2) is 0 Å². The predicted octanol–water partition coefficient (Wildman–Crippen LogP) is 3.51. The van der Waals surface area contributed by atoms with Gasteiger partial charge in [-0.1, -0.05) is 32.9 Å². The van der Waals surface area contributed by atoms with Crippen LogP contribution in [-0.2, 0) is 16.8 Å². The van der Waals surface area contributed by atoms with Crippen molar-refractivity contribution >= 4 is 5.97 Å². The highest BCUT2D eigenvalue weighted by molar-refractivity contribution is 5.67. The molecule has 21 heavy (non-hydrogen) atoms. The van der Waals surface area contributed by atoms with E-state index in [-0.39, 0.29) is 5.41 Å². The monoisotopic (exact) mass is 289 g/mol. The summed E-state index contributed by atoms with van der Waals surface area (Å²) in [5, 5.41) is 8.80. The van der Waals surface area contributed by atoms with Gasteiger partial charge in [0.2, 0.25) is 0 Å². The van der Waals surface area contributed by atoms with Gasteiger partial charge in [0, 0.05) is 19.6 Å². The Morgan fingerprint density at radius 3 is 2.19 bits per heavy atom. The Morgan fingerprint density at radius 1 is 1.24 bits per heavy atom. The van der Waals surface area contributed by atoms with Gasteiger partial charge in [0.05, 0.1) is 6.42 Å². The molecule has 1 aliphatic rings. The lowest BCUT2D eigenvalue weighted by molar-refractivity contribution is -0.139. The maximum absolute atomic E-state index is 10.7. The smallest absolute Gasteiger partial charge is 0.303 e. The van der Waals surface area contributed by atoms with Gasteiger partial charge in [-0.2, -0.15) is 0 Å². The van der Waals surface area contributed by atoms with Crippen LogP contribution in [0.3, 0.4) is 0 Å². The molecule has 0 saturated carbocycles. The summed E-state index contributed by atoms with van der Waals surface area (Å²) >= 11 is 0. The molecule has 3 nitrogen and oxygen atoms in total. The fourth-order valence-corrected chi connectivity index (χ4v) is 3.08. The molecule has 116 valence electrons. The molecule has 1 aromatic rings. The van der Waals surface area contributed by atoms with Gasteiger partial charge in [-0.15, -0.1) is 0 Å². The van der Waals surface area contributed by atoms with Gasteiger partial charge in [0.1, 0.15) is 0 Å². The maximum atomic E-state index is 10.7. The first-order valence-electron chi connectivity index (χ1n) is 7.71. The minimum absolute atomic E-state index is 0.178. The van der Waals surface area contributed by atoms with Gasteiger partial charge in [-0.05, 0) is 47.4 Å². The summed E-state index contributed by atoms with van der Waals surface area (Å²) in [5.41, 5.74) is 5.66. The van der Waals surface area contributed by atoms with E-state index in [2.05, 4.69) is 51.7 Å². The molecule has 1 N–H and O–H groups in total. The van der Waals surface area contributed by atoms with Gasteiger partial charge in [-0.3, -0.25) is 9.69 Å². The van der Waals surface area contributed by atoms with Gasteiger partial charge in [0.25, 0.3) is 0 Å². The molecule has 0 unspecified atom stereocenters. The number of hydrogen-bond acceptors (Lipinski definition) is 2. The molecule has 1 saturated heterocycles. The van der Waals surface area contributed by atoms with Crippen LogP contribution in [0, 0.1) is 19.8 Å². The molecule has 0 bridgehead atoms. The van der Waals surface area contributed by atoms with Crippen LogP contribution in [0.25, 0.3) is 0 Å². The highest BCUT2D eigenvalue weighted by Crippen LogP contribution is 2.29. The summed E-state index contributed by atoms with van der Waals surface area (Å²) in [6.07, 6.45) is 0.303. The lowest BCUT2D eigenvalue weighted by atomic mass is 9.83. The van der Waals surface area contributed by atoms with E-state index in [0.29, 0.717) is 12.3 Å². The van der Waals surface area contributed by atoms with E-state index in [1.807, 2.05) is 0 Å². The first kappa shape index (κ1) is 16.0. The number of aliphatic carboxylic acids is 1. The van der Waals surface area contributed by atoms with E-state index in [0.717, 1.165) is 19.6 Å². The van der Waals surface area contributed by atoms with Crippen LogP contribution in [-0.4, -0.2) is 29.1 Å². The number of carboxylic acid groups (broad SMARTS) is 1. The van der Waals surface area contributed by atoms with Crippen LogP contribution in [0.2, 0.25) is 0 Å². The summed E-state index contributed by atoms with van der Waals surface area (Å²) < 4.78 is 0. The molecule has 0 amide bonds. The third-order valence-electron chi connectivity index (χ3n) is 4.44. The van der Waals surface area contributed by atoms with E-state index in [9.17, 15) is 4.79 Å². The molecule has 2 rings (SSSR count). The van der Waals surface area contributed by atoms with E-state index in [1.54, 1.807) is 0 Å². The summed E-state index contributed by atoms with van der Waals surface area (Å²) in [7, 11) is 0. The quantitative estimate of drug-likeness (QED) is 0.922. The molecule has 0 aromatic heterocycles. The van der Waals surface area contributed by atoms with E-state index in [4.69, 9.17) is 5.11 Å². The third-order valence-corrected chi connectivity index (χ3v) is 4.44. The third kappa shape index (κ3) is 3.85. The Morgan fingerprint density at radius 2 is 1.76 bits per heavy atom. The van der Waals surface area contributed by atoms with Gasteiger partial charge >= 0.3 is 5.97 Å². The molecule has 0 atom stereocenters. The first-order valence-corrected chi connectivity index (χ1v) is 7.71. The molecule has 3 heteroatoms. The minimum atomic E-state index is -0.679. The van der Waals surface area contributed by atoms with Crippen LogP contribution in [0.5, 0.6) is 0 Å². The average Bonchev–Trinajstić information content (AvgIpc) is 2.27. The molecule has 0 spiro atoms. The number of aryl methyl sites for hydroxylation is 2. The maximum Gasteiger partial charge on any atom is 0.303 e. The Balaban J connectivity index is 2.04. The second kappa shape index (κ2) is 5.80. The lowest BCUT2D eigenvalue weighted by Crippen LogP contribution is -2.46. The summed E-state index contributed by atoms with van der Waals surface area (Å²) in [5.74, 6) is -0.349. The summed E-state index contributed by atoms with van der Waals surface area (Å²) in [6.45, 7) is 13.9. The molecular weight excluding hydrogens is 262 g/mol. The highest BCUT2D eigenvalue weighted by Gasteiger charge is 2.29. The number of carbonyl (C=O) groups is 1. The van der Waals surface area contributed by atoms with E-state index in [1.165, 1.54) is 22.3 Å². The predicted molar refractivity (Wildman–Crippen MR) is 85.6 cm³/mol. The summed E-state index contributed by atoms with van der Waals surface area (Å²) in [4.78, 5) is 13.0. The van der Waals surface area contributed by atoms with Gasteiger partial charge < -0.3 is 5.11 Å². The number of nitrogens with zero attached hydrogens (tertiary/aromatic N) is 1. The van der Waals surface area contributed by atoms with E-state index < -0.39 is 5.97 Å². The fraction of sp³-hybridized carbons (Fsp3) is 0.611. The largest absolute Gasteiger partial charge is 0.481 e. The van der Waals surface area contributed by atoms with Crippen molar-refractivity contribution in [2.24, 2.45) is 5.92 Å². The SMILES string of the molecule is Cc1cc(C(C)(C)C)cc(C)c1CN1CC(CC(=O)O)C1. The van der Waals surface area contributed by atoms with Crippen molar-refractivity contribution in [3.63, 3.8) is 0 Å². The number of carboxylic acids is 1. The van der Waals surface area contributed by atoms with Crippen LogP contribution in [0.15, 0.2) is 12.1 Å². The Labute approximate surface area is 128 Å². The van der Waals surface area contributed by atoms with Crippen molar-refractivity contribution in [3.8, 4) is 0 Å². The molecule has 1 aliphatic heterocycles. The minimum Gasteiger partial charge on any atom is -0.481 e. The zero-order valence-corrected chi connectivity index (χ0v) is 13.9.